The molecule has 0 aliphatic rings. The van der Waals surface area contributed by atoms with E-state index >= 15 is 0 Å². The van der Waals surface area contributed by atoms with E-state index in [9.17, 15) is 29.4 Å². The number of unbranched alkanes of at least 4 members (excludes halogenated alkanes) is 1. The first kappa shape index (κ1) is 31.0. The molecule has 0 bridgehead atoms. The predicted molar refractivity (Wildman–Crippen MR) is 136 cm³/mol. The number of amides is 3. The van der Waals surface area contributed by atoms with Crippen LogP contribution in [-0.2, 0) is 25.6 Å². The van der Waals surface area contributed by atoms with Gasteiger partial charge in [0.1, 0.15) is 12.1 Å². The van der Waals surface area contributed by atoms with Crippen molar-refractivity contribution in [3.05, 3.63) is 35.9 Å². The zero-order valence-corrected chi connectivity index (χ0v) is 21.3. The minimum absolute atomic E-state index is 0.103. The summed E-state index contributed by atoms with van der Waals surface area (Å²) in [6.45, 7) is 5.38. The van der Waals surface area contributed by atoms with Crippen molar-refractivity contribution in [1.82, 2.24) is 16.0 Å². The smallest absolute Gasteiger partial charge is 0.328 e. The Bertz CT molecular complexity index is 851. The molecule has 6 unspecified atom stereocenters. The summed E-state index contributed by atoms with van der Waals surface area (Å²) in [7, 11) is 0. The number of carbonyl (C=O) groups is 4. The Morgan fingerprint density at radius 3 is 2.03 bits per heavy atom. The number of nitrogens with two attached hydrogens (primary N) is 2. The molecule has 0 spiro atoms. The number of aliphatic hydroxyl groups excluding tert-OH is 1. The van der Waals surface area contributed by atoms with Gasteiger partial charge in [0.25, 0.3) is 0 Å². The summed E-state index contributed by atoms with van der Waals surface area (Å²) in [4.78, 5) is 50.4. The third-order valence-corrected chi connectivity index (χ3v) is 6.10. The van der Waals surface area contributed by atoms with Crippen molar-refractivity contribution in [2.45, 2.75) is 83.1 Å². The molecule has 0 fully saturated rings. The van der Waals surface area contributed by atoms with Gasteiger partial charge in [-0.1, -0.05) is 50.6 Å². The van der Waals surface area contributed by atoms with Crippen LogP contribution in [0.25, 0.3) is 0 Å². The van der Waals surface area contributed by atoms with Gasteiger partial charge in [-0.3, -0.25) is 14.4 Å². The first-order valence-corrected chi connectivity index (χ1v) is 12.3. The molecule has 36 heavy (non-hydrogen) atoms. The van der Waals surface area contributed by atoms with Crippen LogP contribution in [0.15, 0.2) is 30.3 Å². The number of rotatable bonds is 16. The van der Waals surface area contributed by atoms with Gasteiger partial charge in [0, 0.05) is 6.42 Å². The van der Waals surface area contributed by atoms with Crippen LogP contribution in [-0.4, -0.2) is 70.7 Å². The molecule has 0 saturated heterocycles. The summed E-state index contributed by atoms with van der Waals surface area (Å²) < 4.78 is 0. The topological polar surface area (TPSA) is 197 Å². The second kappa shape index (κ2) is 15.9. The predicted octanol–water partition coefficient (Wildman–Crippen LogP) is -0.349. The van der Waals surface area contributed by atoms with E-state index in [1.165, 1.54) is 6.92 Å². The zero-order valence-electron chi connectivity index (χ0n) is 21.3. The lowest BCUT2D eigenvalue weighted by Gasteiger charge is -2.26. The number of aliphatic carboxylic acids is 1. The lowest BCUT2D eigenvalue weighted by molar-refractivity contribution is -0.145. The fourth-order valence-electron chi connectivity index (χ4n) is 3.52. The standard InChI is InChI=1S/C25H41N5O6/c1-4-15(2)20(27)24(34)29-19(14-17-10-6-5-7-11-17)23(33)28-18(12-8-9-13-26)22(32)30-21(16(3)31)25(35)36/h5-7,10-11,15-16,18-21,31H,4,8-9,12-14,26-27H2,1-3H3,(H,28,33)(H,29,34)(H,30,32)(H,35,36). The number of hydrogen-bond donors (Lipinski definition) is 7. The molecule has 11 nitrogen and oxygen atoms in total. The van der Waals surface area contributed by atoms with Gasteiger partial charge < -0.3 is 37.6 Å². The van der Waals surface area contributed by atoms with E-state index in [2.05, 4.69) is 16.0 Å². The highest BCUT2D eigenvalue weighted by molar-refractivity contribution is 5.94. The molecule has 1 aromatic rings. The molecule has 0 aliphatic carbocycles. The molecule has 0 heterocycles. The SMILES string of the molecule is CCC(C)C(N)C(=O)NC(Cc1ccccc1)C(=O)NC(CCCCN)C(=O)NC(C(=O)O)C(C)O. The third-order valence-electron chi connectivity index (χ3n) is 6.10. The van der Waals surface area contributed by atoms with Gasteiger partial charge >= 0.3 is 5.97 Å². The van der Waals surface area contributed by atoms with E-state index in [-0.39, 0.29) is 18.8 Å². The van der Waals surface area contributed by atoms with Crippen LogP contribution in [0, 0.1) is 5.92 Å². The van der Waals surface area contributed by atoms with E-state index in [0.717, 1.165) is 5.56 Å². The second-order valence-corrected chi connectivity index (χ2v) is 9.07. The zero-order chi connectivity index (χ0) is 27.3. The first-order valence-electron chi connectivity index (χ1n) is 12.3. The maximum absolute atomic E-state index is 13.3. The molecule has 0 radical (unpaired) electrons. The Labute approximate surface area is 212 Å². The quantitative estimate of drug-likeness (QED) is 0.147. The molecule has 0 aliphatic heterocycles. The van der Waals surface area contributed by atoms with Gasteiger partial charge in [-0.25, -0.2) is 4.79 Å². The fraction of sp³-hybridized carbons (Fsp3) is 0.600. The van der Waals surface area contributed by atoms with Gasteiger partial charge in [0.15, 0.2) is 6.04 Å². The summed E-state index contributed by atoms with van der Waals surface area (Å²) in [6.07, 6.45) is 0.774. The fourth-order valence-corrected chi connectivity index (χ4v) is 3.52. The average Bonchev–Trinajstić information content (AvgIpc) is 2.85. The van der Waals surface area contributed by atoms with Crippen LogP contribution in [0.5, 0.6) is 0 Å². The number of carboxylic acids is 1. The highest BCUT2D eigenvalue weighted by atomic mass is 16.4. The van der Waals surface area contributed by atoms with E-state index in [1.54, 1.807) is 0 Å². The monoisotopic (exact) mass is 507 g/mol. The normalized spacial score (nSPS) is 16.1. The number of carbonyl (C=O) groups excluding carboxylic acids is 3. The molecule has 3 amide bonds. The molecular formula is C25H41N5O6. The number of hydrogen-bond acceptors (Lipinski definition) is 7. The lowest BCUT2D eigenvalue weighted by Crippen LogP contribution is -2.59. The van der Waals surface area contributed by atoms with Gasteiger partial charge in [-0.15, -0.1) is 0 Å². The summed E-state index contributed by atoms with van der Waals surface area (Å²) in [6, 6.07) is 4.60. The van der Waals surface area contributed by atoms with Crippen molar-refractivity contribution in [2.75, 3.05) is 6.54 Å². The molecular weight excluding hydrogens is 466 g/mol. The Morgan fingerprint density at radius 1 is 0.917 bits per heavy atom. The van der Waals surface area contributed by atoms with Crippen molar-refractivity contribution < 1.29 is 29.4 Å². The van der Waals surface area contributed by atoms with Crippen LogP contribution in [0.2, 0.25) is 0 Å². The van der Waals surface area contributed by atoms with Crippen molar-refractivity contribution in [2.24, 2.45) is 17.4 Å². The van der Waals surface area contributed by atoms with E-state index in [0.29, 0.717) is 25.8 Å². The molecule has 11 heteroatoms. The van der Waals surface area contributed by atoms with Crippen LogP contribution in [0.1, 0.15) is 52.0 Å². The highest BCUT2D eigenvalue weighted by Gasteiger charge is 2.32. The van der Waals surface area contributed by atoms with Gasteiger partial charge in [0.05, 0.1) is 12.1 Å². The molecule has 1 rings (SSSR count). The van der Waals surface area contributed by atoms with Crippen LogP contribution >= 0.6 is 0 Å². The van der Waals surface area contributed by atoms with Gasteiger partial charge in [-0.05, 0) is 44.2 Å². The Hall–Kier alpha value is -3.02. The maximum atomic E-state index is 13.3. The lowest BCUT2D eigenvalue weighted by atomic mass is 9.98. The Kier molecular flexibility index (Phi) is 13.7. The molecule has 0 aromatic heterocycles. The minimum atomic E-state index is -1.54. The van der Waals surface area contributed by atoms with Crippen LogP contribution < -0.4 is 27.4 Å². The Balaban J connectivity index is 3.12. The molecule has 6 atom stereocenters. The number of aliphatic hydroxyl groups is 1. The summed E-state index contributed by atoms with van der Waals surface area (Å²) >= 11 is 0. The average molecular weight is 508 g/mol. The van der Waals surface area contributed by atoms with Gasteiger partial charge in [-0.2, -0.15) is 0 Å². The summed E-state index contributed by atoms with van der Waals surface area (Å²) in [5, 5.41) is 26.6. The molecule has 9 N–H and O–H groups in total. The van der Waals surface area contributed by atoms with Crippen molar-refractivity contribution in [3.8, 4) is 0 Å². The van der Waals surface area contributed by atoms with Crippen LogP contribution in [0.4, 0.5) is 0 Å². The third kappa shape index (κ3) is 10.3. The van der Waals surface area contributed by atoms with Crippen molar-refractivity contribution in [1.29, 1.82) is 0 Å². The number of nitrogens with one attached hydrogen (secondary N) is 3. The minimum Gasteiger partial charge on any atom is -0.480 e. The molecule has 202 valence electrons. The number of carboxylic acid groups (broad SMARTS) is 1. The van der Waals surface area contributed by atoms with E-state index in [1.807, 2.05) is 44.2 Å². The largest absolute Gasteiger partial charge is 0.480 e. The van der Waals surface area contributed by atoms with Crippen LogP contribution in [0.3, 0.4) is 0 Å². The van der Waals surface area contributed by atoms with Gasteiger partial charge in [0.2, 0.25) is 17.7 Å². The summed E-state index contributed by atoms with van der Waals surface area (Å²) in [5.74, 6) is -3.35. The van der Waals surface area contributed by atoms with E-state index in [4.69, 9.17) is 11.5 Å². The Morgan fingerprint density at radius 2 is 1.50 bits per heavy atom. The summed E-state index contributed by atoms with van der Waals surface area (Å²) in [5.41, 5.74) is 12.4. The first-order chi connectivity index (χ1) is 17.0. The highest BCUT2D eigenvalue weighted by Crippen LogP contribution is 2.09. The van der Waals surface area contributed by atoms with Crippen molar-refractivity contribution in [3.63, 3.8) is 0 Å². The molecule has 1 aromatic carbocycles. The number of benzene rings is 1. The second-order valence-electron chi connectivity index (χ2n) is 9.07. The maximum Gasteiger partial charge on any atom is 0.328 e. The van der Waals surface area contributed by atoms with E-state index < -0.39 is 54.0 Å². The van der Waals surface area contributed by atoms with Crippen molar-refractivity contribution >= 4 is 23.7 Å². The molecule has 0 saturated carbocycles.